The summed E-state index contributed by atoms with van der Waals surface area (Å²) in [7, 11) is 0. The lowest BCUT2D eigenvalue weighted by Crippen LogP contribution is -2.18. The highest BCUT2D eigenvalue weighted by Crippen LogP contribution is 2.23. The van der Waals surface area contributed by atoms with E-state index in [1.807, 2.05) is 0 Å². The van der Waals surface area contributed by atoms with Gasteiger partial charge in [-0.25, -0.2) is 0 Å². The van der Waals surface area contributed by atoms with Gasteiger partial charge in [0.1, 0.15) is 4.99 Å². The van der Waals surface area contributed by atoms with Crippen molar-refractivity contribution in [1.82, 2.24) is 10.2 Å². The van der Waals surface area contributed by atoms with E-state index in [-0.39, 0.29) is 0 Å². The van der Waals surface area contributed by atoms with Gasteiger partial charge >= 0.3 is 0 Å². The van der Waals surface area contributed by atoms with Crippen molar-refractivity contribution in [3.63, 3.8) is 0 Å². The molecular weight excluding hydrogens is 270 g/mol. The predicted octanol–water partition coefficient (Wildman–Crippen LogP) is 3.05. The highest BCUT2D eigenvalue weighted by Gasteiger charge is 2.17. The van der Waals surface area contributed by atoms with Gasteiger partial charge in [-0.05, 0) is 37.2 Å². The summed E-state index contributed by atoms with van der Waals surface area (Å²) < 4.78 is 5.75. The predicted molar refractivity (Wildman–Crippen MR) is 86.2 cm³/mol. The average molecular weight is 295 g/mol. The largest absolute Gasteiger partial charge is 0.476 e. The summed E-state index contributed by atoms with van der Waals surface area (Å²) in [4.78, 5) is 0.338. The van der Waals surface area contributed by atoms with Crippen LogP contribution in [0.1, 0.15) is 57.4 Å². The molecule has 5 heteroatoms. The SMILES string of the molecule is CCc1nnc(OCCCC(C)C)c(C(N)=S)c1CC. The second kappa shape index (κ2) is 8.15. The Morgan fingerprint density at radius 2 is 1.95 bits per heavy atom. The maximum Gasteiger partial charge on any atom is 0.244 e. The molecule has 0 aliphatic heterocycles. The molecule has 0 amide bonds. The average Bonchev–Trinajstić information content (AvgIpc) is 2.41. The first kappa shape index (κ1) is 16.8. The Hall–Kier alpha value is -1.23. The first-order chi connectivity index (χ1) is 9.51. The van der Waals surface area contributed by atoms with Gasteiger partial charge in [0, 0.05) is 0 Å². The third-order valence-corrected chi connectivity index (χ3v) is 3.43. The topological polar surface area (TPSA) is 61.0 Å². The van der Waals surface area contributed by atoms with Crippen molar-refractivity contribution >= 4 is 17.2 Å². The number of ether oxygens (including phenoxy) is 1. The molecule has 1 aromatic rings. The summed E-state index contributed by atoms with van der Waals surface area (Å²) in [6, 6.07) is 0. The number of thiocarbonyl (C=S) groups is 1. The number of nitrogens with zero attached hydrogens (tertiary/aromatic N) is 2. The Morgan fingerprint density at radius 1 is 1.25 bits per heavy atom. The van der Waals surface area contributed by atoms with Gasteiger partial charge in [-0.15, -0.1) is 5.10 Å². The van der Waals surface area contributed by atoms with Crippen LogP contribution >= 0.6 is 12.2 Å². The maximum atomic E-state index is 5.85. The van der Waals surface area contributed by atoms with Gasteiger partial charge in [-0.2, -0.15) is 5.10 Å². The Bertz CT molecular complexity index is 461. The van der Waals surface area contributed by atoms with Gasteiger partial charge in [0.05, 0.1) is 17.9 Å². The Morgan fingerprint density at radius 3 is 2.45 bits per heavy atom. The third kappa shape index (κ3) is 4.40. The smallest absolute Gasteiger partial charge is 0.244 e. The summed E-state index contributed by atoms with van der Waals surface area (Å²) in [5, 5.41) is 8.39. The van der Waals surface area contributed by atoms with Crippen LogP contribution in [0.3, 0.4) is 0 Å². The summed E-state index contributed by atoms with van der Waals surface area (Å²) in [6.07, 6.45) is 3.77. The van der Waals surface area contributed by atoms with Gasteiger partial charge < -0.3 is 10.5 Å². The first-order valence-corrected chi connectivity index (χ1v) is 7.73. The second-order valence-electron chi connectivity index (χ2n) is 5.26. The number of rotatable bonds is 8. The van der Waals surface area contributed by atoms with Crippen LogP contribution in [0.4, 0.5) is 0 Å². The standard InChI is InChI=1S/C15H25N3OS/c1-5-11-12(6-2)17-18-15(13(11)14(16)20)19-9-7-8-10(3)4/h10H,5-9H2,1-4H3,(H2,16,20). The summed E-state index contributed by atoms with van der Waals surface area (Å²) >= 11 is 5.16. The molecule has 20 heavy (non-hydrogen) atoms. The van der Waals surface area contributed by atoms with Crippen molar-refractivity contribution in [3.8, 4) is 5.88 Å². The van der Waals surface area contributed by atoms with Crippen molar-refractivity contribution in [2.45, 2.75) is 53.4 Å². The van der Waals surface area contributed by atoms with Gasteiger partial charge in [-0.1, -0.05) is 39.9 Å². The van der Waals surface area contributed by atoms with E-state index in [2.05, 4.69) is 37.9 Å². The van der Waals surface area contributed by atoms with Crippen molar-refractivity contribution in [2.75, 3.05) is 6.61 Å². The van der Waals surface area contributed by atoms with Gasteiger partial charge in [0.25, 0.3) is 0 Å². The molecule has 0 aliphatic rings. The molecule has 0 aromatic carbocycles. The lowest BCUT2D eigenvalue weighted by atomic mass is 10.0. The molecule has 0 radical (unpaired) electrons. The van der Waals surface area contributed by atoms with E-state index in [9.17, 15) is 0 Å². The number of hydrogen-bond donors (Lipinski definition) is 1. The molecule has 0 saturated heterocycles. The zero-order chi connectivity index (χ0) is 15.1. The fourth-order valence-electron chi connectivity index (χ4n) is 2.17. The summed E-state index contributed by atoms with van der Waals surface area (Å²) in [5.74, 6) is 1.16. The van der Waals surface area contributed by atoms with Crippen LogP contribution in [0.15, 0.2) is 0 Å². The monoisotopic (exact) mass is 295 g/mol. The molecule has 0 fully saturated rings. The molecule has 0 atom stereocenters. The number of nitrogens with two attached hydrogens (primary N) is 1. The number of hydrogen-bond acceptors (Lipinski definition) is 4. The Labute approximate surface area is 127 Å². The number of aryl methyl sites for hydroxylation is 1. The van der Waals surface area contributed by atoms with E-state index in [0.717, 1.165) is 42.5 Å². The zero-order valence-corrected chi connectivity index (χ0v) is 13.7. The third-order valence-electron chi connectivity index (χ3n) is 3.22. The van der Waals surface area contributed by atoms with Crippen molar-refractivity contribution < 1.29 is 4.74 Å². The second-order valence-corrected chi connectivity index (χ2v) is 5.70. The minimum Gasteiger partial charge on any atom is -0.476 e. The van der Waals surface area contributed by atoms with E-state index < -0.39 is 0 Å². The van der Waals surface area contributed by atoms with Crippen LogP contribution in [-0.4, -0.2) is 21.8 Å². The molecule has 0 unspecified atom stereocenters. The van der Waals surface area contributed by atoms with E-state index >= 15 is 0 Å². The Kier molecular flexibility index (Phi) is 6.85. The molecule has 4 nitrogen and oxygen atoms in total. The number of aromatic nitrogens is 2. The van der Waals surface area contributed by atoms with Gasteiger partial charge in [0.2, 0.25) is 5.88 Å². The van der Waals surface area contributed by atoms with Crippen LogP contribution in [0, 0.1) is 5.92 Å². The maximum absolute atomic E-state index is 5.85. The fraction of sp³-hybridized carbons (Fsp3) is 0.667. The molecular formula is C15H25N3OS. The Balaban J connectivity index is 2.92. The van der Waals surface area contributed by atoms with Gasteiger partial charge in [-0.3, -0.25) is 0 Å². The van der Waals surface area contributed by atoms with Crippen LogP contribution in [0.5, 0.6) is 5.88 Å². The molecule has 0 saturated carbocycles. The summed E-state index contributed by atoms with van der Waals surface area (Å²) in [6.45, 7) is 9.14. The van der Waals surface area contributed by atoms with Gasteiger partial charge in [0.15, 0.2) is 0 Å². The van der Waals surface area contributed by atoms with E-state index in [0.29, 0.717) is 23.4 Å². The minimum atomic E-state index is 0.338. The molecule has 1 rings (SSSR count). The van der Waals surface area contributed by atoms with E-state index in [1.54, 1.807) is 0 Å². The molecule has 2 N–H and O–H groups in total. The van der Waals surface area contributed by atoms with Crippen molar-refractivity contribution in [2.24, 2.45) is 11.7 Å². The minimum absolute atomic E-state index is 0.338. The van der Waals surface area contributed by atoms with E-state index in [4.69, 9.17) is 22.7 Å². The van der Waals surface area contributed by atoms with Crippen LogP contribution in [-0.2, 0) is 12.8 Å². The first-order valence-electron chi connectivity index (χ1n) is 7.32. The van der Waals surface area contributed by atoms with Crippen molar-refractivity contribution in [3.05, 3.63) is 16.8 Å². The summed E-state index contributed by atoms with van der Waals surface area (Å²) in [5.41, 5.74) is 8.63. The van der Waals surface area contributed by atoms with Crippen LogP contribution < -0.4 is 10.5 Å². The normalized spacial score (nSPS) is 10.8. The van der Waals surface area contributed by atoms with Crippen LogP contribution in [0.2, 0.25) is 0 Å². The van der Waals surface area contributed by atoms with E-state index in [1.165, 1.54) is 0 Å². The highest BCUT2D eigenvalue weighted by molar-refractivity contribution is 7.80. The molecule has 0 bridgehead atoms. The fourth-order valence-corrected chi connectivity index (χ4v) is 2.38. The molecule has 112 valence electrons. The molecule has 1 aromatic heterocycles. The molecule has 0 spiro atoms. The molecule has 1 heterocycles. The highest BCUT2D eigenvalue weighted by atomic mass is 32.1. The quantitative estimate of drug-likeness (QED) is 0.590. The lowest BCUT2D eigenvalue weighted by Gasteiger charge is -2.15. The van der Waals surface area contributed by atoms with Crippen molar-refractivity contribution in [1.29, 1.82) is 0 Å². The molecule has 0 aliphatic carbocycles. The van der Waals surface area contributed by atoms with Crippen LogP contribution in [0.25, 0.3) is 0 Å². The lowest BCUT2D eigenvalue weighted by molar-refractivity contribution is 0.283. The zero-order valence-electron chi connectivity index (χ0n) is 12.9.